The molecule has 0 saturated carbocycles. The van der Waals surface area contributed by atoms with Crippen molar-refractivity contribution in [1.29, 1.82) is 0 Å². The van der Waals surface area contributed by atoms with Crippen LogP contribution in [0.1, 0.15) is 6.92 Å². The maximum absolute atomic E-state index is 4.02. The van der Waals surface area contributed by atoms with E-state index in [4.69, 9.17) is 0 Å². The van der Waals surface area contributed by atoms with Crippen molar-refractivity contribution in [2.24, 2.45) is 0 Å². The lowest BCUT2D eigenvalue weighted by Gasteiger charge is -1.84. The number of aromatic amines is 1. The van der Waals surface area contributed by atoms with Gasteiger partial charge in [-0.2, -0.15) is 0 Å². The highest BCUT2D eigenvalue weighted by Gasteiger charge is 1.94. The van der Waals surface area contributed by atoms with Crippen LogP contribution in [0.15, 0.2) is 24.3 Å². The lowest BCUT2D eigenvalue weighted by molar-refractivity contribution is 1.35. The fraction of sp³-hybridized carbons (Fsp3) is 0.0909. The monoisotopic (exact) mass is 157 g/mol. The zero-order valence-electron chi connectivity index (χ0n) is 7.09. The Morgan fingerprint density at radius 2 is 2.08 bits per heavy atom. The van der Waals surface area contributed by atoms with Gasteiger partial charge in [-0.25, -0.2) is 0 Å². The largest absolute Gasteiger partial charge is 0.355 e. The molecule has 0 bridgehead atoms. The van der Waals surface area contributed by atoms with Gasteiger partial charge in [-0.05, 0) is 18.2 Å². The van der Waals surface area contributed by atoms with Gasteiger partial charge in [0.2, 0.25) is 0 Å². The summed E-state index contributed by atoms with van der Waals surface area (Å²) in [5.41, 5.74) is 1.16. The number of rotatable bonds is 0. The number of nitrogens with one attached hydrogen (secondary N) is 1. The molecule has 0 atom stereocenters. The maximum atomic E-state index is 4.02. The van der Waals surface area contributed by atoms with E-state index >= 15 is 0 Å². The summed E-state index contributed by atoms with van der Waals surface area (Å²) >= 11 is 0. The predicted octanol–water partition coefficient (Wildman–Crippen LogP) is 1.38. The smallest absolute Gasteiger partial charge is 0.0464 e. The molecule has 1 heteroatoms. The van der Waals surface area contributed by atoms with Crippen molar-refractivity contribution >= 4 is 23.6 Å². The quantitative estimate of drug-likeness (QED) is 0.594. The lowest BCUT2D eigenvalue weighted by Crippen LogP contribution is -2.19. The van der Waals surface area contributed by atoms with Crippen LogP contribution < -0.4 is 10.6 Å². The molecular weight excluding hydrogens is 146 g/mol. The van der Waals surface area contributed by atoms with Crippen molar-refractivity contribution < 1.29 is 0 Å². The molecule has 1 heterocycles. The molecule has 2 aromatic rings. The number of benzene rings is 1. The molecule has 1 nitrogen and oxygen atoms in total. The van der Waals surface area contributed by atoms with Gasteiger partial charge in [0, 0.05) is 16.3 Å². The second kappa shape index (κ2) is 2.52. The van der Waals surface area contributed by atoms with Crippen molar-refractivity contribution in [2.45, 2.75) is 6.92 Å². The Balaban J connectivity index is 3.08. The highest BCUT2D eigenvalue weighted by Crippen LogP contribution is 2.02. The van der Waals surface area contributed by atoms with Gasteiger partial charge < -0.3 is 4.98 Å². The molecule has 0 spiro atoms. The van der Waals surface area contributed by atoms with Gasteiger partial charge in [0.1, 0.15) is 0 Å². The molecule has 0 unspecified atom stereocenters. The Kier molecular flexibility index (Phi) is 1.51. The molecular formula is C11H11N. The van der Waals surface area contributed by atoms with Gasteiger partial charge >= 0.3 is 0 Å². The van der Waals surface area contributed by atoms with E-state index in [2.05, 4.69) is 23.7 Å². The van der Waals surface area contributed by atoms with Crippen LogP contribution in [-0.2, 0) is 0 Å². The van der Waals surface area contributed by atoms with Gasteiger partial charge in [-0.1, -0.05) is 30.9 Å². The number of hydrogen-bond donors (Lipinski definition) is 1. The minimum atomic E-state index is 1.09. The average molecular weight is 157 g/mol. The molecule has 0 radical (unpaired) electrons. The van der Waals surface area contributed by atoms with Crippen molar-refractivity contribution in [3.05, 3.63) is 34.8 Å². The molecule has 1 N–H and O–H groups in total. The normalized spacial score (nSPS) is 12.6. The highest BCUT2D eigenvalue weighted by molar-refractivity contribution is 5.80. The standard InChI is InChI=1S/C11H11N/c1-3-10-8(2)9-6-4-5-7-11(9)12-10/h3-7,12H,2H2,1H3. The number of hydrogen-bond acceptors (Lipinski definition) is 0. The van der Waals surface area contributed by atoms with E-state index in [0.29, 0.717) is 0 Å². The summed E-state index contributed by atoms with van der Waals surface area (Å²) in [4.78, 5) is 3.30. The molecule has 0 aliphatic heterocycles. The van der Waals surface area contributed by atoms with E-state index in [9.17, 15) is 0 Å². The summed E-state index contributed by atoms with van der Waals surface area (Å²) < 4.78 is 0. The van der Waals surface area contributed by atoms with Crippen LogP contribution in [0.3, 0.4) is 0 Å². The molecule has 2 rings (SSSR count). The van der Waals surface area contributed by atoms with Gasteiger partial charge in [-0.3, -0.25) is 0 Å². The molecule has 0 amide bonds. The number of H-pyrrole nitrogens is 1. The maximum Gasteiger partial charge on any atom is 0.0464 e. The molecule has 0 saturated heterocycles. The Bertz CT molecular complexity index is 505. The van der Waals surface area contributed by atoms with Crippen LogP contribution in [0.4, 0.5) is 0 Å². The first-order chi connectivity index (χ1) is 5.83. The van der Waals surface area contributed by atoms with Gasteiger partial charge in [0.15, 0.2) is 0 Å². The Morgan fingerprint density at radius 3 is 2.75 bits per heavy atom. The van der Waals surface area contributed by atoms with Crippen LogP contribution in [-0.4, -0.2) is 4.98 Å². The van der Waals surface area contributed by atoms with E-state index in [-0.39, 0.29) is 0 Å². The molecule has 0 fully saturated rings. The van der Waals surface area contributed by atoms with Crippen molar-refractivity contribution in [3.8, 4) is 0 Å². The van der Waals surface area contributed by atoms with E-state index in [1.807, 2.05) is 25.1 Å². The molecule has 60 valence electrons. The number of para-hydroxylation sites is 1. The summed E-state index contributed by atoms with van der Waals surface area (Å²) in [5.74, 6) is 0. The van der Waals surface area contributed by atoms with Crippen LogP contribution in [0, 0.1) is 0 Å². The third-order valence-corrected chi connectivity index (χ3v) is 2.14. The first-order valence-corrected chi connectivity index (χ1v) is 4.05. The topological polar surface area (TPSA) is 15.8 Å². The molecule has 1 aromatic heterocycles. The minimum absolute atomic E-state index is 1.09. The number of fused-ring (bicyclic) bond motifs is 1. The zero-order valence-corrected chi connectivity index (χ0v) is 7.09. The summed E-state index contributed by atoms with van der Waals surface area (Å²) in [6.07, 6.45) is 2.04. The molecule has 0 aliphatic rings. The third kappa shape index (κ3) is 0.866. The fourth-order valence-corrected chi connectivity index (χ4v) is 1.47. The van der Waals surface area contributed by atoms with E-state index < -0.39 is 0 Å². The predicted molar refractivity (Wildman–Crippen MR) is 53.2 cm³/mol. The van der Waals surface area contributed by atoms with Crippen molar-refractivity contribution in [1.82, 2.24) is 4.98 Å². The van der Waals surface area contributed by atoms with Crippen LogP contribution in [0.25, 0.3) is 23.6 Å². The van der Waals surface area contributed by atoms with Gasteiger partial charge in [0.05, 0.1) is 0 Å². The average Bonchev–Trinajstić information content (AvgIpc) is 2.44. The third-order valence-electron chi connectivity index (χ3n) is 2.14. The molecule has 0 aliphatic carbocycles. The Hall–Kier alpha value is -1.50. The highest BCUT2D eigenvalue weighted by atomic mass is 14.7. The Morgan fingerprint density at radius 1 is 1.33 bits per heavy atom. The van der Waals surface area contributed by atoms with E-state index in [1.165, 1.54) is 5.39 Å². The SMILES string of the molecule is C=c1c(=CC)[nH]c2ccccc12. The summed E-state index contributed by atoms with van der Waals surface area (Å²) in [5, 5.41) is 3.43. The van der Waals surface area contributed by atoms with Crippen LogP contribution >= 0.6 is 0 Å². The van der Waals surface area contributed by atoms with Gasteiger partial charge in [0.25, 0.3) is 0 Å². The van der Waals surface area contributed by atoms with Crippen molar-refractivity contribution in [2.75, 3.05) is 0 Å². The van der Waals surface area contributed by atoms with E-state index in [0.717, 1.165) is 16.1 Å². The van der Waals surface area contributed by atoms with Crippen LogP contribution in [0.5, 0.6) is 0 Å². The second-order valence-electron chi connectivity index (χ2n) is 2.85. The molecule has 1 aromatic carbocycles. The van der Waals surface area contributed by atoms with Crippen LogP contribution in [0.2, 0.25) is 0 Å². The molecule has 12 heavy (non-hydrogen) atoms. The second-order valence-corrected chi connectivity index (χ2v) is 2.85. The van der Waals surface area contributed by atoms with E-state index in [1.54, 1.807) is 0 Å². The summed E-state index contributed by atoms with van der Waals surface area (Å²) in [6, 6.07) is 8.21. The minimum Gasteiger partial charge on any atom is -0.355 e. The first-order valence-electron chi connectivity index (χ1n) is 4.05. The Labute approximate surface area is 71.0 Å². The summed E-state index contributed by atoms with van der Waals surface area (Å²) in [6.45, 7) is 6.03. The van der Waals surface area contributed by atoms with Crippen molar-refractivity contribution in [3.63, 3.8) is 0 Å². The number of aromatic nitrogens is 1. The first kappa shape index (κ1) is 7.17. The fourth-order valence-electron chi connectivity index (χ4n) is 1.47. The van der Waals surface area contributed by atoms with Gasteiger partial charge in [-0.15, -0.1) is 0 Å². The zero-order chi connectivity index (χ0) is 8.55. The summed E-state index contributed by atoms with van der Waals surface area (Å²) in [7, 11) is 0. The lowest BCUT2D eigenvalue weighted by atomic mass is 10.2.